The molecule has 4 aromatic heterocycles. The van der Waals surface area contributed by atoms with Crippen molar-refractivity contribution < 1.29 is 4.39 Å². The van der Waals surface area contributed by atoms with Crippen LogP contribution in [0.25, 0.3) is 56.0 Å². The van der Waals surface area contributed by atoms with E-state index in [-0.39, 0.29) is 5.82 Å². The van der Waals surface area contributed by atoms with Crippen LogP contribution in [0.3, 0.4) is 0 Å². The van der Waals surface area contributed by atoms with E-state index in [0.29, 0.717) is 11.5 Å². The number of halogens is 1. The molecule has 0 spiro atoms. The molecule has 7 nitrogen and oxygen atoms in total. The highest BCUT2D eigenvalue weighted by Gasteiger charge is 2.17. The van der Waals surface area contributed by atoms with Crippen molar-refractivity contribution in [3.05, 3.63) is 84.4 Å². The van der Waals surface area contributed by atoms with Gasteiger partial charge < -0.3 is 4.98 Å². The molecule has 1 fully saturated rings. The summed E-state index contributed by atoms with van der Waals surface area (Å²) in [7, 11) is 0. The molecule has 0 unspecified atom stereocenters. The van der Waals surface area contributed by atoms with Crippen LogP contribution >= 0.6 is 0 Å². The Kier molecular flexibility index (Phi) is 5.66. The summed E-state index contributed by atoms with van der Waals surface area (Å²) in [5.41, 5.74) is 8.76. The van der Waals surface area contributed by atoms with Crippen LogP contribution < -0.4 is 0 Å². The summed E-state index contributed by atoms with van der Waals surface area (Å²) in [5, 5.41) is 7.64. The highest BCUT2D eigenvalue weighted by Crippen LogP contribution is 2.32. The van der Waals surface area contributed by atoms with Crippen LogP contribution in [-0.4, -0.2) is 48.1 Å². The second-order valence-electron chi connectivity index (χ2n) is 9.88. The molecule has 5 heterocycles. The zero-order chi connectivity index (χ0) is 25.5. The predicted molar refractivity (Wildman–Crippen MR) is 147 cm³/mol. The Morgan fingerprint density at radius 3 is 2.55 bits per heavy atom. The van der Waals surface area contributed by atoms with E-state index in [1.54, 1.807) is 12.1 Å². The van der Waals surface area contributed by atoms with Gasteiger partial charge in [-0.15, -0.1) is 0 Å². The number of fused-ring (bicyclic) bond motifs is 2. The molecule has 7 rings (SSSR count). The fourth-order valence-corrected chi connectivity index (χ4v) is 5.32. The van der Waals surface area contributed by atoms with Gasteiger partial charge in [0.15, 0.2) is 11.5 Å². The number of hydrogen-bond acceptors (Lipinski definition) is 5. The second kappa shape index (κ2) is 9.46. The van der Waals surface area contributed by atoms with Gasteiger partial charge in [-0.3, -0.25) is 15.0 Å². The number of piperidine rings is 1. The predicted octanol–water partition coefficient (Wildman–Crippen LogP) is 6.36. The first kappa shape index (κ1) is 22.7. The molecule has 0 saturated carbocycles. The first-order valence-electron chi connectivity index (χ1n) is 13.0. The van der Waals surface area contributed by atoms with Gasteiger partial charge in [-0.05, 0) is 73.5 Å². The van der Waals surface area contributed by atoms with Crippen molar-refractivity contribution in [2.45, 2.75) is 25.8 Å². The van der Waals surface area contributed by atoms with Gasteiger partial charge in [0, 0.05) is 30.1 Å². The summed E-state index contributed by atoms with van der Waals surface area (Å²) >= 11 is 0. The van der Waals surface area contributed by atoms with E-state index < -0.39 is 0 Å². The molecule has 188 valence electrons. The number of aromatic nitrogens is 6. The van der Waals surface area contributed by atoms with E-state index >= 15 is 0 Å². The van der Waals surface area contributed by atoms with Gasteiger partial charge in [-0.1, -0.05) is 30.7 Å². The largest absolute Gasteiger partial charge is 0.336 e. The second-order valence-corrected chi connectivity index (χ2v) is 9.88. The third-order valence-electron chi connectivity index (χ3n) is 7.25. The Balaban J connectivity index is 1.25. The first-order chi connectivity index (χ1) is 18.7. The van der Waals surface area contributed by atoms with E-state index in [2.05, 4.69) is 31.1 Å². The summed E-state index contributed by atoms with van der Waals surface area (Å²) in [4.78, 5) is 20.3. The van der Waals surface area contributed by atoms with Crippen molar-refractivity contribution in [3.8, 4) is 33.9 Å². The maximum absolute atomic E-state index is 13.5. The Hall–Kier alpha value is -4.43. The Labute approximate surface area is 218 Å². The van der Waals surface area contributed by atoms with E-state index in [0.717, 1.165) is 64.1 Å². The SMILES string of the molecule is Fc1ccc(-c2cccc3[nH]c(-c4n[nH]c5ccc(-c6cncc(CN7CCCCC7)c6)nc45)nc23)cc1. The summed E-state index contributed by atoms with van der Waals surface area (Å²) in [6.07, 6.45) is 7.67. The van der Waals surface area contributed by atoms with Gasteiger partial charge >= 0.3 is 0 Å². The molecule has 38 heavy (non-hydrogen) atoms. The minimum atomic E-state index is -0.263. The van der Waals surface area contributed by atoms with Gasteiger partial charge in [0.05, 0.1) is 22.2 Å². The minimum absolute atomic E-state index is 0.263. The quantitative estimate of drug-likeness (QED) is 0.286. The van der Waals surface area contributed by atoms with E-state index in [9.17, 15) is 4.39 Å². The topological polar surface area (TPSA) is 86.4 Å². The van der Waals surface area contributed by atoms with Crippen LogP contribution in [0.5, 0.6) is 0 Å². The molecule has 0 atom stereocenters. The average molecular weight is 504 g/mol. The minimum Gasteiger partial charge on any atom is -0.336 e. The number of aromatic amines is 2. The van der Waals surface area contributed by atoms with Crippen molar-refractivity contribution in [3.63, 3.8) is 0 Å². The molecular formula is C30H26FN7. The van der Waals surface area contributed by atoms with Crippen LogP contribution in [0.15, 0.2) is 73.1 Å². The lowest BCUT2D eigenvalue weighted by atomic mass is 10.0. The zero-order valence-electron chi connectivity index (χ0n) is 20.8. The van der Waals surface area contributed by atoms with Crippen LogP contribution in [-0.2, 0) is 6.54 Å². The van der Waals surface area contributed by atoms with Gasteiger partial charge in [0.25, 0.3) is 0 Å². The first-order valence-corrected chi connectivity index (χ1v) is 13.0. The molecule has 1 aliphatic rings. The van der Waals surface area contributed by atoms with Crippen LogP contribution in [0.2, 0.25) is 0 Å². The normalized spacial score (nSPS) is 14.4. The molecule has 0 amide bonds. The van der Waals surface area contributed by atoms with Crippen molar-refractivity contribution in [1.82, 2.24) is 35.0 Å². The molecule has 1 aliphatic heterocycles. The number of rotatable bonds is 5. The lowest BCUT2D eigenvalue weighted by Crippen LogP contribution is -2.29. The number of benzene rings is 2. The number of H-pyrrole nitrogens is 2. The summed E-state index contributed by atoms with van der Waals surface area (Å²) in [5.74, 6) is 0.364. The lowest BCUT2D eigenvalue weighted by molar-refractivity contribution is 0.220. The van der Waals surface area contributed by atoms with Crippen LogP contribution in [0.4, 0.5) is 4.39 Å². The maximum atomic E-state index is 13.5. The number of hydrogen-bond donors (Lipinski definition) is 2. The molecule has 0 aliphatic carbocycles. The smallest absolute Gasteiger partial charge is 0.161 e. The third-order valence-corrected chi connectivity index (χ3v) is 7.25. The Morgan fingerprint density at radius 1 is 0.816 bits per heavy atom. The van der Waals surface area contributed by atoms with E-state index in [4.69, 9.17) is 9.97 Å². The van der Waals surface area contributed by atoms with Gasteiger partial charge in [-0.2, -0.15) is 5.10 Å². The molecule has 0 bridgehead atoms. The fraction of sp³-hybridized carbons (Fsp3) is 0.200. The number of nitrogens with one attached hydrogen (secondary N) is 2. The van der Waals surface area contributed by atoms with Gasteiger partial charge in [0.2, 0.25) is 0 Å². The molecule has 6 aromatic rings. The molecule has 1 saturated heterocycles. The van der Waals surface area contributed by atoms with Crippen molar-refractivity contribution in [2.24, 2.45) is 0 Å². The average Bonchev–Trinajstić information content (AvgIpc) is 3.58. The maximum Gasteiger partial charge on any atom is 0.161 e. The number of pyridine rings is 2. The van der Waals surface area contributed by atoms with E-state index in [1.807, 2.05) is 42.7 Å². The molecule has 2 aromatic carbocycles. The number of para-hydroxylation sites is 1. The lowest BCUT2D eigenvalue weighted by Gasteiger charge is -2.26. The highest BCUT2D eigenvalue weighted by atomic mass is 19.1. The number of likely N-dealkylation sites (tertiary alicyclic amines) is 1. The van der Waals surface area contributed by atoms with Crippen LogP contribution in [0.1, 0.15) is 24.8 Å². The van der Waals surface area contributed by atoms with Gasteiger partial charge in [-0.25, -0.2) is 14.4 Å². The summed E-state index contributed by atoms with van der Waals surface area (Å²) < 4.78 is 13.5. The summed E-state index contributed by atoms with van der Waals surface area (Å²) in [6, 6.07) is 18.6. The van der Waals surface area contributed by atoms with E-state index in [1.165, 1.54) is 37.0 Å². The molecule has 0 radical (unpaired) electrons. The summed E-state index contributed by atoms with van der Waals surface area (Å²) in [6.45, 7) is 3.20. The van der Waals surface area contributed by atoms with Crippen molar-refractivity contribution in [2.75, 3.05) is 13.1 Å². The number of nitrogens with zero attached hydrogens (tertiary/aromatic N) is 5. The Bertz CT molecular complexity index is 1750. The standard InChI is InChI=1S/C30H26FN7/c31-22-9-7-20(8-10-22)23-5-4-6-25-27(23)35-30(34-25)29-28-26(36-37-29)12-11-24(33-28)21-15-19(16-32-17-21)18-38-13-2-1-3-14-38/h4-12,15-17H,1-3,13-14,18H2,(H,34,35)(H,36,37). The fourth-order valence-electron chi connectivity index (χ4n) is 5.32. The third kappa shape index (κ3) is 4.22. The van der Waals surface area contributed by atoms with Crippen molar-refractivity contribution in [1.29, 1.82) is 0 Å². The highest BCUT2D eigenvalue weighted by molar-refractivity contribution is 5.96. The van der Waals surface area contributed by atoms with Crippen molar-refractivity contribution >= 4 is 22.1 Å². The zero-order valence-corrected chi connectivity index (χ0v) is 20.8. The molecular weight excluding hydrogens is 477 g/mol. The Morgan fingerprint density at radius 2 is 1.68 bits per heavy atom. The van der Waals surface area contributed by atoms with Crippen LogP contribution in [0, 0.1) is 5.82 Å². The van der Waals surface area contributed by atoms with Gasteiger partial charge in [0.1, 0.15) is 11.3 Å². The molecule has 8 heteroatoms. The number of imidazole rings is 1. The monoisotopic (exact) mass is 503 g/mol. The molecule has 2 N–H and O–H groups in total.